The molecule has 0 heterocycles. The highest BCUT2D eigenvalue weighted by Gasteiger charge is 2.67. The van der Waals surface area contributed by atoms with E-state index in [1.165, 1.54) is 32.1 Å². The maximum absolute atomic E-state index is 14.1. The Kier molecular flexibility index (Phi) is 9.53. The molecule has 9 unspecified atom stereocenters. The number of fused-ring (bicyclic) bond motifs is 7. The van der Waals surface area contributed by atoms with Gasteiger partial charge in [-0.1, -0.05) is 64.5 Å². The second kappa shape index (κ2) is 12.6. The number of allylic oxidation sites excluding steroid dienone is 1. The van der Waals surface area contributed by atoms with E-state index in [9.17, 15) is 14.4 Å². The monoisotopic (exact) mass is 617 g/mol. The van der Waals surface area contributed by atoms with Crippen LogP contribution < -0.4 is 5.32 Å². The van der Waals surface area contributed by atoms with Gasteiger partial charge in [-0.2, -0.15) is 0 Å². The lowest BCUT2D eigenvalue weighted by molar-refractivity contribution is -0.220. The van der Waals surface area contributed by atoms with Gasteiger partial charge in [0.15, 0.2) is 5.78 Å². The van der Waals surface area contributed by atoms with Crippen molar-refractivity contribution in [3.8, 4) is 0 Å². The van der Waals surface area contributed by atoms with E-state index in [1.807, 2.05) is 31.2 Å². The maximum atomic E-state index is 14.1. The van der Waals surface area contributed by atoms with Crippen molar-refractivity contribution in [3.63, 3.8) is 0 Å². The van der Waals surface area contributed by atoms with Gasteiger partial charge in [-0.3, -0.25) is 14.4 Å². The average molecular weight is 618 g/mol. The van der Waals surface area contributed by atoms with Crippen LogP contribution in [0.5, 0.6) is 0 Å². The van der Waals surface area contributed by atoms with E-state index in [0.29, 0.717) is 47.1 Å². The number of amides is 1. The Balaban J connectivity index is 0.00000128. The van der Waals surface area contributed by atoms with Crippen LogP contribution in [-0.4, -0.2) is 23.8 Å². The summed E-state index contributed by atoms with van der Waals surface area (Å²) in [6.45, 7) is 18.8. The number of esters is 1. The number of carbonyl (C=O) groups is 3. The predicted octanol–water partition coefficient (Wildman–Crippen LogP) is 9.09. The number of rotatable bonds is 5. The van der Waals surface area contributed by atoms with Crippen LogP contribution in [0, 0.1) is 51.2 Å². The van der Waals surface area contributed by atoms with Gasteiger partial charge in [0.2, 0.25) is 5.91 Å². The van der Waals surface area contributed by atoms with Gasteiger partial charge >= 0.3 is 5.97 Å². The normalized spacial score (nSPS) is 39.4. The topological polar surface area (TPSA) is 72.5 Å². The summed E-state index contributed by atoms with van der Waals surface area (Å²) in [5, 5.41) is 3.33. The lowest BCUT2D eigenvalue weighted by Crippen LogP contribution is -2.64. The van der Waals surface area contributed by atoms with Crippen molar-refractivity contribution in [2.24, 2.45) is 51.2 Å². The molecule has 1 aromatic rings. The van der Waals surface area contributed by atoms with E-state index in [-0.39, 0.29) is 40.0 Å². The zero-order valence-electron chi connectivity index (χ0n) is 29.2. The van der Waals surface area contributed by atoms with Crippen molar-refractivity contribution in [1.29, 1.82) is 0 Å². The SMILES string of the molecule is C=CC.CC(=O)OC1CCC2(C)C(CCC3(C)C4CCC5(C(=O)NCc6ccccc6C(C)=O)CCCC5C4CCC32)C1(C)C. The van der Waals surface area contributed by atoms with Crippen LogP contribution in [-0.2, 0) is 20.9 Å². The molecule has 0 aromatic heterocycles. The zero-order chi connectivity index (χ0) is 32.8. The van der Waals surface area contributed by atoms with Gasteiger partial charge in [0.1, 0.15) is 6.10 Å². The molecule has 1 aromatic carbocycles. The largest absolute Gasteiger partial charge is 0.462 e. The molecular formula is C40H59NO4. The second-order valence-electron chi connectivity index (χ2n) is 16.5. The third kappa shape index (κ3) is 5.63. The van der Waals surface area contributed by atoms with E-state index in [2.05, 4.69) is 39.6 Å². The average Bonchev–Trinajstić information content (AvgIpc) is 3.44. The summed E-state index contributed by atoms with van der Waals surface area (Å²) in [5.74, 6) is 3.17. The third-order valence-corrected chi connectivity index (χ3v) is 14.0. The highest BCUT2D eigenvalue weighted by Crippen LogP contribution is 2.73. The molecule has 1 N–H and O–H groups in total. The molecule has 45 heavy (non-hydrogen) atoms. The minimum Gasteiger partial charge on any atom is -0.462 e. The number of hydrogen-bond acceptors (Lipinski definition) is 4. The first kappa shape index (κ1) is 33.9. The fourth-order valence-electron chi connectivity index (χ4n) is 12.4. The lowest BCUT2D eigenvalue weighted by Gasteiger charge is -2.69. The quantitative estimate of drug-likeness (QED) is 0.203. The molecule has 0 bridgehead atoms. The van der Waals surface area contributed by atoms with E-state index in [0.717, 1.165) is 44.1 Å². The van der Waals surface area contributed by atoms with Crippen LogP contribution in [0.3, 0.4) is 0 Å². The van der Waals surface area contributed by atoms with Crippen molar-refractivity contribution >= 4 is 17.7 Å². The summed E-state index contributed by atoms with van der Waals surface area (Å²) in [4.78, 5) is 38.2. The second-order valence-corrected chi connectivity index (χ2v) is 16.5. The van der Waals surface area contributed by atoms with Crippen molar-refractivity contribution in [2.45, 2.75) is 132 Å². The molecule has 5 nitrogen and oxygen atoms in total. The smallest absolute Gasteiger partial charge is 0.302 e. The van der Waals surface area contributed by atoms with E-state index >= 15 is 0 Å². The minimum absolute atomic E-state index is 0.0108. The fourth-order valence-corrected chi connectivity index (χ4v) is 12.4. The van der Waals surface area contributed by atoms with E-state index < -0.39 is 0 Å². The van der Waals surface area contributed by atoms with Gasteiger partial charge in [0, 0.05) is 24.4 Å². The number of ketones is 1. The summed E-state index contributed by atoms with van der Waals surface area (Å²) in [6, 6.07) is 7.68. The first-order valence-corrected chi connectivity index (χ1v) is 17.9. The maximum Gasteiger partial charge on any atom is 0.302 e. The molecule has 248 valence electrons. The molecule has 0 saturated heterocycles. The Morgan fingerprint density at radius 3 is 2.24 bits per heavy atom. The van der Waals surface area contributed by atoms with Crippen LogP contribution in [0.25, 0.3) is 0 Å². The molecule has 5 fully saturated rings. The third-order valence-electron chi connectivity index (χ3n) is 14.0. The molecule has 5 heteroatoms. The number of hydrogen-bond donors (Lipinski definition) is 1. The van der Waals surface area contributed by atoms with Gasteiger partial charge in [0.05, 0.1) is 5.41 Å². The van der Waals surface area contributed by atoms with Gasteiger partial charge in [-0.15, -0.1) is 6.58 Å². The molecular weight excluding hydrogens is 558 g/mol. The molecule has 5 aliphatic carbocycles. The minimum atomic E-state index is -0.249. The number of benzene rings is 1. The Morgan fingerprint density at radius 2 is 1.56 bits per heavy atom. The highest BCUT2D eigenvalue weighted by molar-refractivity contribution is 5.95. The van der Waals surface area contributed by atoms with Gasteiger partial charge in [0.25, 0.3) is 0 Å². The number of ether oxygens (including phenoxy) is 1. The summed E-state index contributed by atoms with van der Waals surface area (Å²) < 4.78 is 5.90. The van der Waals surface area contributed by atoms with Crippen molar-refractivity contribution in [2.75, 3.05) is 0 Å². The van der Waals surface area contributed by atoms with E-state index in [4.69, 9.17) is 4.74 Å². The summed E-state index contributed by atoms with van der Waals surface area (Å²) in [7, 11) is 0. The summed E-state index contributed by atoms with van der Waals surface area (Å²) in [6.07, 6.45) is 14.4. The standard InChI is InChI=1S/C37H53NO4.C3H6/c1-23(39)26-11-8-7-10-25(26)22-38-33(41)37-18-9-12-29(37)27-13-14-31-35(5,28(27)15-21-37)19-16-30-34(3,4)32(42-24(2)40)17-20-36(30,31)6;1-3-2/h7-8,10-11,27-32H,9,12-22H2,1-6H3,(H,38,41);3H,1H2,2H3. The molecule has 1 amide bonds. The van der Waals surface area contributed by atoms with Gasteiger partial charge < -0.3 is 10.1 Å². The van der Waals surface area contributed by atoms with Crippen LogP contribution in [0.15, 0.2) is 36.9 Å². The highest BCUT2D eigenvalue weighted by atomic mass is 16.5. The number of nitrogens with one attached hydrogen (secondary N) is 1. The van der Waals surface area contributed by atoms with Crippen LogP contribution >= 0.6 is 0 Å². The van der Waals surface area contributed by atoms with Gasteiger partial charge in [-0.05, 0) is 124 Å². The summed E-state index contributed by atoms with van der Waals surface area (Å²) >= 11 is 0. The van der Waals surface area contributed by atoms with Gasteiger partial charge in [-0.25, -0.2) is 0 Å². The van der Waals surface area contributed by atoms with Crippen LogP contribution in [0.2, 0.25) is 0 Å². The first-order chi connectivity index (χ1) is 21.3. The molecule has 0 radical (unpaired) electrons. The van der Waals surface area contributed by atoms with E-state index in [1.54, 1.807) is 19.9 Å². The summed E-state index contributed by atoms with van der Waals surface area (Å²) in [5.41, 5.74) is 1.95. The fraction of sp³-hybridized carbons (Fsp3) is 0.725. The Morgan fingerprint density at radius 1 is 0.867 bits per heavy atom. The molecule has 0 spiro atoms. The van der Waals surface area contributed by atoms with Crippen LogP contribution in [0.1, 0.15) is 135 Å². The Labute approximate surface area is 272 Å². The first-order valence-electron chi connectivity index (χ1n) is 17.9. The lowest BCUT2D eigenvalue weighted by atomic mass is 9.36. The Hall–Kier alpha value is -2.43. The molecule has 5 aliphatic rings. The molecule has 0 aliphatic heterocycles. The van der Waals surface area contributed by atoms with Crippen molar-refractivity contribution in [1.82, 2.24) is 5.32 Å². The predicted molar refractivity (Wildman–Crippen MR) is 180 cm³/mol. The van der Waals surface area contributed by atoms with Crippen molar-refractivity contribution < 1.29 is 19.1 Å². The molecule has 6 rings (SSSR count). The van der Waals surface area contributed by atoms with Crippen molar-refractivity contribution in [3.05, 3.63) is 48.0 Å². The number of Topliss-reactive ketones (excluding diaryl/α,β-unsaturated/α-hetero) is 1. The molecule has 9 atom stereocenters. The Bertz CT molecular complexity index is 1300. The zero-order valence-corrected chi connectivity index (χ0v) is 29.2. The van der Waals surface area contributed by atoms with Crippen LogP contribution in [0.4, 0.5) is 0 Å². The number of carbonyl (C=O) groups excluding carboxylic acids is 3. The molecule has 5 saturated carbocycles.